The van der Waals surface area contributed by atoms with E-state index in [2.05, 4.69) is 0 Å². The first-order valence-electron chi connectivity index (χ1n) is 2.96. The molecule has 0 spiro atoms. The number of hydrogen-bond acceptors (Lipinski definition) is 3. The van der Waals surface area contributed by atoms with Gasteiger partial charge in [-0.05, 0) is 6.07 Å². The van der Waals surface area contributed by atoms with Crippen molar-refractivity contribution in [3.05, 3.63) is 31.2 Å². The van der Waals surface area contributed by atoms with Crippen molar-refractivity contribution in [2.24, 2.45) is 0 Å². The summed E-state index contributed by atoms with van der Waals surface area (Å²) in [5.41, 5.74) is -0.551. The first-order valence-corrected chi connectivity index (χ1v) is 4.09. The van der Waals surface area contributed by atoms with Gasteiger partial charge in [0, 0.05) is 0 Å². The van der Waals surface area contributed by atoms with Gasteiger partial charge in [0.2, 0.25) is 0 Å². The Morgan fingerprint density at radius 3 is 2.31 bits per heavy atom. The second kappa shape index (κ2) is 3.57. The summed E-state index contributed by atoms with van der Waals surface area (Å²) in [4.78, 5) is 9.60. The summed E-state index contributed by atoms with van der Waals surface area (Å²) in [6, 6.07) is 1.06. The molecule has 0 amide bonds. The number of nitrogens with zero attached hydrogens (tertiary/aromatic N) is 1. The highest BCUT2D eigenvalue weighted by atomic mass is 35.5. The number of phenolic OH excluding ortho intramolecular Hbond substituents is 1. The molecule has 0 heterocycles. The van der Waals surface area contributed by atoms with Crippen LogP contribution in [0, 0.1) is 10.1 Å². The minimum atomic E-state index is -0.791. The van der Waals surface area contributed by atoms with Crippen LogP contribution >= 0.6 is 34.8 Å². The number of nitro benzene ring substituents is 1. The van der Waals surface area contributed by atoms with Gasteiger partial charge in [-0.1, -0.05) is 34.8 Å². The number of phenols is 1. The van der Waals surface area contributed by atoms with Crippen LogP contribution in [-0.4, -0.2) is 10.0 Å². The Bertz CT molecular complexity index is 380. The standard InChI is InChI=1S/C6H2Cl3NO3/c7-2-1-3(8)6(11)4(9)5(2)10(12)13/h1,11H. The Kier molecular flexibility index (Phi) is 2.85. The van der Waals surface area contributed by atoms with Gasteiger partial charge in [-0.15, -0.1) is 0 Å². The topological polar surface area (TPSA) is 63.4 Å². The molecule has 70 valence electrons. The lowest BCUT2D eigenvalue weighted by atomic mass is 10.3. The molecule has 1 aromatic rings. The van der Waals surface area contributed by atoms with Crippen LogP contribution in [0.15, 0.2) is 6.07 Å². The predicted octanol–water partition coefficient (Wildman–Crippen LogP) is 3.26. The number of hydrogen-bond donors (Lipinski definition) is 1. The van der Waals surface area contributed by atoms with Crippen molar-refractivity contribution in [2.75, 3.05) is 0 Å². The van der Waals surface area contributed by atoms with Gasteiger partial charge in [0.25, 0.3) is 0 Å². The van der Waals surface area contributed by atoms with Crippen molar-refractivity contribution in [2.45, 2.75) is 0 Å². The van der Waals surface area contributed by atoms with E-state index in [1.54, 1.807) is 0 Å². The average Bonchev–Trinajstić information content (AvgIpc) is 1.99. The fourth-order valence-electron chi connectivity index (χ4n) is 0.737. The highest BCUT2D eigenvalue weighted by Gasteiger charge is 2.23. The molecule has 7 heteroatoms. The Morgan fingerprint density at radius 2 is 1.85 bits per heavy atom. The minimum absolute atomic E-state index is 0.124. The number of nitro groups is 1. The molecule has 1 rings (SSSR count). The minimum Gasteiger partial charge on any atom is -0.505 e. The maximum Gasteiger partial charge on any atom is 0.310 e. The van der Waals surface area contributed by atoms with Crippen LogP contribution in [0.5, 0.6) is 5.75 Å². The molecule has 0 saturated heterocycles. The normalized spacial score (nSPS) is 10.1. The van der Waals surface area contributed by atoms with Gasteiger partial charge < -0.3 is 5.11 Å². The molecule has 1 N–H and O–H groups in total. The molecule has 0 bridgehead atoms. The molecule has 0 unspecified atom stereocenters. The summed E-state index contributed by atoms with van der Waals surface area (Å²) in [6.45, 7) is 0. The van der Waals surface area contributed by atoms with Crippen molar-refractivity contribution in [1.82, 2.24) is 0 Å². The SMILES string of the molecule is O=[N+]([O-])c1c(Cl)cc(Cl)c(O)c1Cl. The Hall–Kier alpha value is -0.710. The quantitative estimate of drug-likeness (QED) is 0.607. The summed E-state index contributed by atoms with van der Waals surface area (Å²) in [7, 11) is 0. The molecular formula is C6H2Cl3NO3. The third-order valence-electron chi connectivity index (χ3n) is 1.30. The molecule has 0 aliphatic carbocycles. The number of aromatic hydroxyl groups is 1. The average molecular weight is 242 g/mol. The van der Waals surface area contributed by atoms with E-state index in [4.69, 9.17) is 39.9 Å². The molecule has 0 aliphatic rings. The van der Waals surface area contributed by atoms with Crippen LogP contribution in [0.4, 0.5) is 5.69 Å². The van der Waals surface area contributed by atoms with E-state index < -0.39 is 21.4 Å². The maximum absolute atomic E-state index is 10.4. The molecule has 0 fully saturated rings. The number of halogens is 3. The van der Waals surface area contributed by atoms with Gasteiger partial charge >= 0.3 is 5.69 Å². The molecule has 0 aromatic heterocycles. The second-order valence-electron chi connectivity index (χ2n) is 2.11. The summed E-state index contributed by atoms with van der Waals surface area (Å²) in [5, 5.41) is 18.7. The van der Waals surface area contributed by atoms with Gasteiger partial charge in [0.1, 0.15) is 5.02 Å². The Labute approximate surface area is 87.8 Å². The lowest BCUT2D eigenvalue weighted by Gasteiger charge is -2.01. The molecule has 4 nitrogen and oxygen atoms in total. The zero-order valence-corrected chi connectivity index (χ0v) is 8.19. The summed E-state index contributed by atoms with van der Waals surface area (Å²) >= 11 is 16.4. The molecule has 13 heavy (non-hydrogen) atoms. The van der Waals surface area contributed by atoms with Crippen LogP contribution in [0.2, 0.25) is 15.1 Å². The summed E-state index contributed by atoms with van der Waals surface area (Å²) in [5.74, 6) is -0.542. The largest absolute Gasteiger partial charge is 0.505 e. The van der Waals surface area contributed by atoms with Crippen LogP contribution in [-0.2, 0) is 0 Å². The third kappa shape index (κ3) is 1.80. The lowest BCUT2D eigenvalue weighted by molar-refractivity contribution is -0.384. The maximum atomic E-state index is 10.4. The fourth-order valence-corrected chi connectivity index (χ4v) is 1.64. The Balaban J connectivity index is 3.53. The van der Waals surface area contributed by atoms with Gasteiger partial charge in [-0.2, -0.15) is 0 Å². The highest BCUT2D eigenvalue weighted by molar-refractivity contribution is 6.42. The van der Waals surface area contributed by atoms with E-state index >= 15 is 0 Å². The highest BCUT2D eigenvalue weighted by Crippen LogP contribution is 2.43. The van der Waals surface area contributed by atoms with Crippen LogP contribution in [0.25, 0.3) is 0 Å². The number of rotatable bonds is 1. The molecule has 0 saturated carbocycles. The van der Waals surface area contributed by atoms with E-state index in [0.29, 0.717) is 0 Å². The van der Waals surface area contributed by atoms with Crippen molar-refractivity contribution in [3.8, 4) is 5.75 Å². The van der Waals surface area contributed by atoms with Gasteiger partial charge in [-0.3, -0.25) is 10.1 Å². The number of benzene rings is 1. The first-order chi connectivity index (χ1) is 5.95. The van der Waals surface area contributed by atoms with Gasteiger partial charge in [0.05, 0.1) is 9.95 Å². The van der Waals surface area contributed by atoms with Gasteiger partial charge in [-0.25, -0.2) is 0 Å². The van der Waals surface area contributed by atoms with E-state index in [1.807, 2.05) is 0 Å². The van der Waals surface area contributed by atoms with Crippen molar-refractivity contribution >= 4 is 40.5 Å². The molecule has 0 radical (unpaired) electrons. The Morgan fingerprint density at radius 1 is 1.31 bits per heavy atom. The summed E-state index contributed by atoms with van der Waals surface area (Å²) in [6.07, 6.45) is 0. The molecular weight excluding hydrogens is 240 g/mol. The monoisotopic (exact) mass is 241 g/mol. The first kappa shape index (κ1) is 10.4. The van der Waals surface area contributed by atoms with Crippen molar-refractivity contribution < 1.29 is 10.0 Å². The van der Waals surface area contributed by atoms with E-state index in [9.17, 15) is 10.1 Å². The lowest BCUT2D eigenvalue weighted by Crippen LogP contribution is -1.91. The predicted molar refractivity (Wildman–Crippen MR) is 49.8 cm³/mol. The van der Waals surface area contributed by atoms with E-state index in [1.165, 1.54) is 0 Å². The van der Waals surface area contributed by atoms with Crippen molar-refractivity contribution in [1.29, 1.82) is 0 Å². The summed E-state index contributed by atoms with van der Waals surface area (Å²) < 4.78 is 0. The zero-order chi connectivity index (χ0) is 10.2. The van der Waals surface area contributed by atoms with E-state index in [0.717, 1.165) is 6.07 Å². The molecule has 0 atom stereocenters. The van der Waals surface area contributed by atoms with Crippen molar-refractivity contribution in [3.63, 3.8) is 0 Å². The molecule has 0 aliphatic heterocycles. The van der Waals surface area contributed by atoms with E-state index in [-0.39, 0.29) is 10.0 Å². The van der Waals surface area contributed by atoms with Crippen LogP contribution in [0.1, 0.15) is 0 Å². The van der Waals surface area contributed by atoms with Crippen LogP contribution < -0.4 is 0 Å². The van der Waals surface area contributed by atoms with Crippen LogP contribution in [0.3, 0.4) is 0 Å². The smallest absolute Gasteiger partial charge is 0.310 e. The molecule has 1 aromatic carbocycles. The third-order valence-corrected chi connectivity index (χ3v) is 2.24. The van der Waals surface area contributed by atoms with Gasteiger partial charge in [0.15, 0.2) is 10.8 Å². The second-order valence-corrected chi connectivity index (χ2v) is 3.30. The zero-order valence-electron chi connectivity index (χ0n) is 5.92. The fraction of sp³-hybridized carbons (Fsp3) is 0.